The summed E-state index contributed by atoms with van der Waals surface area (Å²) in [7, 11) is -6.04. The van der Waals surface area contributed by atoms with Gasteiger partial charge in [-0.1, -0.05) is 18.2 Å². The molecule has 0 bridgehead atoms. The van der Waals surface area contributed by atoms with Crippen LogP contribution in [0.15, 0.2) is 35.2 Å². The predicted molar refractivity (Wildman–Crippen MR) is 145 cm³/mol. The maximum absolute atomic E-state index is 13.7. The summed E-state index contributed by atoms with van der Waals surface area (Å²) in [6.45, 7) is 5.65. The highest BCUT2D eigenvalue weighted by Gasteiger charge is 2.34. The maximum atomic E-state index is 13.7. The van der Waals surface area contributed by atoms with E-state index in [2.05, 4.69) is 4.72 Å². The molecule has 1 atom stereocenters. The van der Waals surface area contributed by atoms with E-state index in [4.69, 9.17) is 15.9 Å². The van der Waals surface area contributed by atoms with Crippen LogP contribution in [-0.4, -0.2) is 83.4 Å². The number of rotatable bonds is 9. The maximum Gasteiger partial charge on any atom is 0.241 e. The number of hydrogen-bond acceptors (Lipinski definition) is 7. The van der Waals surface area contributed by atoms with Gasteiger partial charge < -0.3 is 15.4 Å². The molecule has 11 nitrogen and oxygen atoms in total. The van der Waals surface area contributed by atoms with Gasteiger partial charge in [-0.25, -0.2) is 16.8 Å². The van der Waals surface area contributed by atoms with E-state index in [1.807, 2.05) is 0 Å². The number of benzene rings is 2. The molecular weight excluding hydrogens is 530 g/mol. The predicted octanol–water partition coefficient (Wildman–Crippen LogP) is 0.898. The van der Waals surface area contributed by atoms with Gasteiger partial charge >= 0.3 is 0 Å². The Labute approximate surface area is 224 Å². The fraction of sp³-hybridized carbons (Fsp3) is 0.440. The molecule has 4 N–H and O–H groups in total. The minimum atomic E-state index is -4.16. The van der Waals surface area contributed by atoms with Crippen molar-refractivity contribution in [2.24, 2.45) is 5.73 Å². The summed E-state index contributed by atoms with van der Waals surface area (Å²) in [5.74, 6) is -0.0426. The molecule has 0 aromatic heterocycles. The Bertz CT molecular complexity index is 1450. The van der Waals surface area contributed by atoms with Crippen LogP contribution in [0, 0.1) is 26.2 Å². The van der Waals surface area contributed by atoms with Crippen LogP contribution in [0.4, 0.5) is 0 Å². The van der Waals surface area contributed by atoms with Crippen molar-refractivity contribution in [1.82, 2.24) is 13.9 Å². The summed E-state index contributed by atoms with van der Waals surface area (Å²) in [5.41, 5.74) is 8.36. The fourth-order valence-corrected chi connectivity index (χ4v) is 7.18. The smallest absolute Gasteiger partial charge is 0.241 e. The van der Waals surface area contributed by atoms with Crippen molar-refractivity contribution in [3.63, 3.8) is 0 Å². The number of amidine groups is 1. The molecule has 1 fully saturated rings. The Morgan fingerprint density at radius 3 is 2.26 bits per heavy atom. The summed E-state index contributed by atoms with van der Waals surface area (Å²) in [6.07, 6.45) is 1.13. The van der Waals surface area contributed by atoms with E-state index < -0.39 is 32.0 Å². The normalized spacial score (nSPS) is 15.8. The van der Waals surface area contributed by atoms with Gasteiger partial charge in [0, 0.05) is 31.7 Å². The Morgan fingerprint density at radius 1 is 1.08 bits per heavy atom. The van der Waals surface area contributed by atoms with Crippen molar-refractivity contribution in [3.05, 3.63) is 58.1 Å². The SMILES string of the molecule is COc1cc(C)c(S(=O)(=O)N[C@@H](Cc2cccc(C(=N)N)c2)C(=O)N2CCN(S(C)(=O)=O)CC2)c(C)c1C. The molecule has 208 valence electrons. The van der Waals surface area contributed by atoms with Gasteiger partial charge in [0.15, 0.2) is 0 Å². The number of nitrogen functional groups attached to an aromatic ring is 1. The Kier molecular flexibility index (Phi) is 8.86. The Balaban J connectivity index is 1.98. The van der Waals surface area contributed by atoms with Gasteiger partial charge in [0.25, 0.3) is 0 Å². The zero-order valence-electron chi connectivity index (χ0n) is 22.2. The van der Waals surface area contributed by atoms with Gasteiger partial charge in [-0.3, -0.25) is 10.2 Å². The number of nitrogens with zero attached hydrogens (tertiary/aromatic N) is 2. The number of aryl methyl sites for hydroxylation is 1. The van der Waals surface area contributed by atoms with E-state index >= 15 is 0 Å². The monoisotopic (exact) mass is 565 g/mol. The van der Waals surface area contributed by atoms with Crippen molar-refractivity contribution >= 4 is 31.8 Å². The first kappa shape index (κ1) is 29.6. The summed E-state index contributed by atoms with van der Waals surface area (Å²) in [4.78, 5) is 15.2. The second-order valence-corrected chi connectivity index (χ2v) is 13.1. The first-order chi connectivity index (χ1) is 17.7. The standard InChI is InChI=1S/C25H35N5O6S2/c1-16-13-22(36-4)17(2)18(3)23(16)38(34,35)28-21(15-19-7-6-8-20(14-19)24(26)27)25(31)29-9-11-30(12-10-29)37(5,32)33/h6-8,13-14,21,28H,9-12,15H2,1-5H3,(H3,26,27)/t21-/m0/s1. The second-order valence-electron chi connectivity index (χ2n) is 9.45. The van der Waals surface area contributed by atoms with Crippen LogP contribution in [0.1, 0.15) is 27.8 Å². The van der Waals surface area contributed by atoms with Crippen LogP contribution in [0.2, 0.25) is 0 Å². The number of amides is 1. The average molecular weight is 566 g/mol. The number of piperazine rings is 1. The lowest BCUT2D eigenvalue weighted by Gasteiger charge is -2.35. The third-order valence-electron chi connectivity index (χ3n) is 6.76. The molecule has 0 spiro atoms. The molecule has 0 unspecified atom stereocenters. The van der Waals surface area contributed by atoms with Gasteiger partial charge in [-0.2, -0.15) is 9.03 Å². The third-order valence-corrected chi connectivity index (χ3v) is 9.82. The van der Waals surface area contributed by atoms with Crippen LogP contribution in [0.3, 0.4) is 0 Å². The quantitative estimate of drug-likeness (QED) is 0.300. The topological polar surface area (TPSA) is 163 Å². The van der Waals surface area contributed by atoms with Gasteiger partial charge in [-0.15, -0.1) is 0 Å². The number of hydrogen-bond donors (Lipinski definition) is 3. The Hall–Kier alpha value is -3.00. The molecule has 38 heavy (non-hydrogen) atoms. The van der Waals surface area contributed by atoms with Crippen molar-refractivity contribution in [2.45, 2.75) is 38.1 Å². The molecule has 1 saturated heterocycles. The van der Waals surface area contributed by atoms with Gasteiger partial charge in [0.05, 0.1) is 18.3 Å². The van der Waals surface area contributed by atoms with Crippen molar-refractivity contribution in [3.8, 4) is 5.75 Å². The van der Waals surface area contributed by atoms with Crippen LogP contribution in [0.5, 0.6) is 5.75 Å². The zero-order valence-corrected chi connectivity index (χ0v) is 23.9. The van der Waals surface area contributed by atoms with E-state index in [1.54, 1.807) is 51.1 Å². The molecule has 0 aliphatic carbocycles. The van der Waals surface area contributed by atoms with Crippen LogP contribution in [0.25, 0.3) is 0 Å². The molecule has 1 aliphatic heterocycles. The van der Waals surface area contributed by atoms with Crippen LogP contribution in [-0.2, 0) is 31.3 Å². The molecule has 1 heterocycles. The van der Waals surface area contributed by atoms with E-state index in [-0.39, 0.29) is 43.3 Å². The third kappa shape index (κ3) is 6.52. The van der Waals surface area contributed by atoms with E-state index in [0.29, 0.717) is 33.6 Å². The highest BCUT2D eigenvalue weighted by atomic mass is 32.2. The van der Waals surface area contributed by atoms with E-state index in [1.165, 1.54) is 16.3 Å². The van der Waals surface area contributed by atoms with E-state index in [9.17, 15) is 21.6 Å². The average Bonchev–Trinajstić information content (AvgIpc) is 2.84. The number of carbonyl (C=O) groups excluding carboxylic acids is 1. The largest absolute Gasteiger partial charge is 0.496 e. The van der Waals surface area contributed by atoms with Gasteiger partial charge in [0.2, 0.25) is 26.0 Å². The summed E-state index contributed by atoms with van der Waals surface area (Å²) in [6, 6.07) is 7.20. The first-order valence-electron chi connectivity index (χ1n) is 12.0. The summed E-state index contributed by atoms with van der Waals surface area (Å²) < 4.78 is 60.5. The van der Waals surface area contributed by atoms with Crippen molar-refractivity contribution in [1.29, 1.82) is 5.41 Å². The fourth-order valence-electron chi connectivity index (χ4n) is 4.63. The number of nitrogens with one attached hydrogen (secondary N) is 2. The number of methoxy groups -OCH3 is 1. The van der Waals surface area contributed by atoms with Crippen LogP contribution < -0.4 is 15.2 Å². The molecule has 0 radical (unpaired) electrons. The number of ether oxygens (including phenoxy) is 1. The van der Waals surface area contributed by atoms with E-state index in [0.717, 1.165) is 6.26 Å². The molecule has 2 aromatic rings. The highest BCUT2D eigenvalue weighted by molar-refractivity contribution is 7.89. The molecule has 0 saturated carbocycles. The summed E-state index contributed by atoms with van der Waals surface area (Å²) >= 11 is 0. The minimum absolute atomic E-state index is 0.0126. The zero-order chi connectivity index (χ0) is 28.4. The van der Waals surface area contributed by atoms with Gasteiger partial charge in [-0.05, 0) is 61.6 Å². The minimum Gasteiger partial charge on any atom is -0.496 e. The molecule has 1 aliphatic rings. The Morgan fingerprint density at radius 2 is 1.71 bits per heavy atom. The lowest BCUT2D eigenvalue weighted by atomic mass is 10.0. The first-order valence-corrected chi connectivity index (χ1v) is 15.3. The summed E-state index contributed by atoms with van der Waals surface area (Å²) in [5, 5.41) is 7.71. The number of nitrogens with two attached hydrogens (primary N) is 1. The lowest BCUT2D eigenvalue weighted by Crippen LogP contribution is -2.56. The number of sulfonamides is 2. The second kappa shape index (κ2) is 11.4. The lowest BCUT2D eigenvalue weighted by molar-refractivity contribution is -0.134. The van der Waals surface area contributed by atoms with Crippen LogP contribution >= 0.6 is 0 Å². The molecule has 2 aromatic carbocycles. The number of carbonyl (C=O) groups is 1. The molecule has 13 heteroatoms. The molecule has 1 amide bonds. The van der Waals surface area contributed by atoms with Gasteiger partial charge in [0.1, 0.15) is 17.6 Å². The van der Waals surface area contributed by atoms with Crippen molar-refractivity contribution < 1.29 is 26.4 Å². The molecule has 3 rings (SSSR count). The van der Waals surface area contributed by atoms with Crippen molar-refractivity contribution in [2.75, 3.05) is 39.5 Å². The highest BCUT2D eigenvalue weighted by Crippen LogP contribution is 2.30. The molecular formula is C25H35N5O6S2.